The lowest BCUT2D eigenvalue weighted by Crippen LogP contribution is -2.28. The number of anilines is 1. The number of hydrogen-bond donors (Lipinski definition) is 1. The van der Waals surface area contributed by atoms with Gasteiger partial charge in [-0.25, -0.2) is 4.98 Å². The van der Waals surface area contributed by atoms with Crippen LogP contribution < -0.4 is 10.9 Å². The molecule has 2 rings (SSSR count). The minimum absolute atomic E-state index is 0.00815. The zero-order chi connectivity index (χ0) is 22.3. The summed E-state index contributed by atoms with van der Waals surface area (Å²) in [4.78, 5) is 22.1. The third-order valence-corrected chi connectivity index (χ3v) is 5.89. The topological polar surface area (TPSA) is 73.4 Å². The van der Waals surface area contributed by atoms with Gasteiger partial charge in [0, 0.05) is 26.3 Å². The maximum atomic E-state index is 13.4. The molecule has 0 aromatic carbocycles. The number of nitrogens with zero attached hydrogens (tertiary/aromatic N) is 4. The molecule has 0 bridgehead atoms. The fourth-order valence-electron chi connectivity index (χ4n) is 3.84. The second kappa shape index (κ2) is 11.0. The molecule has 0 saturated heterocycles. The number of pyridine rings is 1. The first-order valence-corrected chi connectivity index (χ1v) is 11.0. The van der Waals surface area contributed by atoms with Crippen molar-refractivity contribution < 1.29 is 4.74 Å². The predicted octanol–water partition coefficient (Wildman–Crippen LogP) is 4.67. The quantitative estimate of drug-likeness (QED) is 0.452. The summed E-state index contributed by atoms with van der Waals surface area (Å²) in [6.07, 6.45) is 8.62. The zero-order valence-corrected chi connectivity index (χ0v) is 19.5. The minimum Gasteiger partial charge on any atom is -0.480 e. The molecule has 0 fully saturated rings. The SMILES string of the molecule is CC/C=C(/Nc1cn(CC(CC)C(C)CC)c(=O)c2c1ncn2CC)C(=NC)OC. The van der Waals surface area contributed by atoms with Crippen LogP contribution in [0.5, 0.6) is 0 Å². The molecule has 30 heavy (non-hydrogen) atoms. The van der Waals surface area contributed by atoms with Crippen molar-refractivity contribution in [3.05, 3.63) is 34.7 Å². The molecule has 2 aromatic rings. The van der Waals surface area contributed by atoms with Gasteiger partial charge in [-0.15, -0.1) is 0 Å². The molecule has 1 N–H and O–H groups in total. The Balaban J connectivity index is 2.64. The van der Waals surface area contributed by atoms with Gasteiger partial charge in [-0.05, 0) is 25.2 Å². The average molecular weight is 416 g/mol. The van der Waals surface area contributed by atoms with Crippen LogP contribution in [0.3, 0.4) is 0 Å². The van der Waals surface area contributed by atoms with Crippen molar-refractivity contribution in [1.82, 2.24) is 14.1 Å². The van der Waals surface area contributed by atoms with Crippen molar-refractivity contribution in [2.45, 2.75) is 67.0 Å². The molecule has 7 heteroatoms. The van der Waals surface area contributed by atoms with Gasteiger partial charge in [0.1, 0.15) is 11.0 Å². The molecule has 166 valence electrons. The van der Waals surface area contributed by atoms with E-state index in [1.165, 1.54) is 0 Å². The van der Waals surface area contributed by atoms with Gasteiger partial charge < -0.3 is 19.2 Å². The van der Waals surface area contributed by atoms with E-state index in [2.05, 4.69) is 43.0 Å². The fourth-order valence-corrected chi connectivity index (χ4v) is 3.84. The Morgan fingerprint density at radius 3 is 2.53 bits per heavy atom. The van der Waals surface area contributed by atoms with E-state index in [1.807, 2.05) is 28.3 Å². The van der Waals surface area contributed by atoms with Gasteiger partial charge in [0.25, 0.3) is 5.56 Å². The highest BCUT2D eigenvalue weighted by atomic mass is 16.5. The number of imidazole rings is 1. The second-order valence-electron chi connectivity index (χ2n) is 7.67. The number of hydrogen-bond acceptors (Lipinski definition) is 5. The number of ether oxygens (including phenoxy) is 1. The van der Waals surface area contributed by atoms with Crippen LogP contribution in [-0.2, 0) is 17.8 Å². The van der Waals surface area contributed by atoms with Crippen LogP contribution in [0.2, 0.25) is 0 Å². The maximum absolute atomic E-state index is 13.4. The smallest absolute Gasteiger partial charge is 0.276 e. The largest absolute Gasteiger partial charge is 0.480 e. The molecular formula is C23H37N5O2. The summed E-state index contributed by atoms with van der Waals surface area (Å²) < 4.78 is 9.19. The molecule has 2 heterocycles. The predicted molar refractivity (Wildman–Crippen MR) is 125 cm³/mol. The van der Waals surface area contributed by atoms with E-state index in [0.717, 1.165) is 30.6 Å². The Labute approximate surface area is 179 Å². The number of aryl methyl sites for hydroxylation is 1. The number of allylic oxidation sites excluding steroid dienone is 1. The normalized spacial score (nSPS) is 14.8. The monoisotopic (exact) mass is 415 g/mol. The number of methoxy groups -OCH3 is 1. The van der Waals surface area contributed by atoms with Gasteiger partial charge in [-0.2, -0.15) is 0 Å². The Morgan fingerprint density at radius 1 is 1.27 bits per heavy atom. The number of nitrogens with one attached hydrogen (secondary N) is 1. The first kappa shape index (κ1) is 23.7. The van der Waals surface area contributed by atoms with Crippen molar-refractivity contribution in [3.63, 3.8) is 0 Å². The van der Waals surface area contributed by atoms with E-state index < -0.39 is 0 Å². The molecule has 0 amide bonds. The molecule has 2 unspecified atom stereocenters. The Kier molecular flexibility index (Phi) is 8.69. The Hall–Kier alpha value is -2.57. The molecule has 2 aromatic heterocycles. The van der Waals surface area contributed by atoms with Crippen molar-refractivity contribution in [2.75, 3.05) is 19.5 Å². The summed E-state index contributed by atoms with van der Waals surface area (Å²) in [5.41, 5.74) is 2.87. The van der Waals surface area contributed by atoms with Crippen LogP contribution in [0.25, 0.3) is 11.0 Å². The molecule has 0 saturated carbocycles. The lowest BCUT2D eigenvalue weighted by Gasteiger charge is -2.23. The van der Waals surface area contributed by atoms with Gasteiger partial charge >= 0.3 is 0 Å². The van der Waals surface area contributed by atoms with E-state index in [1.54, 1.807) is 20.5 Å². The van der Waals surface area contributed by atoms with E-state index in [-0.39, 0.29) is 5.56 Å². The highest BCUT2D eigenvalue weighted by Gasteiger charge is 2.20. The molecular weight excluding hydrogens is 378 g/mol. The summed E-state index contributed by atoms with van der Waals surface area (Å²) in [5.74, 6) is 1.50. The van der Waals surface area contributed by atoms with Crippen LogP contribution in [-0.4, -0.2) is 34.2 Å². The number of fused-ring (bicyclic) bond motifs is 1. The fraction of sp³-hybridized carbons (Fsp3) is 0.609. The highest BCUT2D eigenvalue weighted by molar-refractivity contribution is 5.99. The molecule has 2 atom stereocenters. The van der Waals surface area contributed by atoms with E-state index >= 15 is 0 Å². The van der Waals surface area contributed by atoms with Crippen LogP contribution in [0.15, 0.2) is 34.1 Å². The van der Waals surface area contributed by atoms with Crippen molar-refractivity contribution >= 4 is 22.6 Å². The van der Waals surface area contributed by atoms with Gasteiger partial charge in [0.15, 0.2) is 0 Å². The van der Waals surface area contributed by atoms with Crippen molar-refractivity contribution in [2.24, 2.45) is 16.8 Å². The minimum atomic E-state index is 0.00815. The summed E-state index contributed by atoms with van der Waals surface area (Å²) in [5, 5.41) is 3.43. The molecule has 0 aliphatic rings. The van der Waals surface area contributed by atoms with E-state index in [9.17, 15) is 4.79 Å². The molecule has 0 aliphatic heterocycles. The van der Waals surface area contributed by atoms with Gasteiger partial charge in [0.2, 0.25) is 5.90 Å². The maximum Gasteiger partial charge on any atom is 0.276 e. The van der Waals surface area contributed by atoms with Gasteiger partial charge in [-0.1, -0.05) is 46.6 Å². The third-order valence-electron chi connectivity index (χ3n) is 5.89. The number of rotatable bonds is 10. The molecule has 7 nitrogen and oxygen atoms in total. The van der Waals surface area contributed by atoms with Crippen LogP contribution in [0.4, 0.5) is 5.69 Å². The zero-order valence-electron chi connectivity index (χ0n) is 19.5. The summed E-state index contributed by atoms with van der Waals surface area (Å²) in [7, 11) is 3.30. The van der Waals surface area contributed by atoms with Gasteiger partial charge in [-0.3, -0.25) is 9.79 Å². The highest BCUT2D eigenvalue weighted by Crippen LogP contribution is 2.25. The van der Waals surface area contributed by atoms with Crippen molar-refractivity contribution in [3.8, 4) is 0 Å². The number of aliphatic imine (C=N–C) groups is 1. The standard InChI is InChI=1S/C23H37N5O2/c1-8-12-18(22(24-6)30-7)26-19-14-28(13-17(10-3)16(5)9-2)23(29)21-20(19)25-15-27(21)11-4/h12,14-17,26H,8-11,13H2,1-7H3/b18-12+,24-22?. The molecule has 0 spiro atoms. The lowest BCUT2D eigenvalue weighted by molar-refractivity contribution is 0.295. The van der Waals surface area contributed by atoms with Crippen LogP contribution in [0.1, 0.15) is 53.9 Å². The van der Waals surface area contributed by atoms with Gasteiger partial charge in [0.05, 0.1) is 24.8 Å². The average Bonchev–Trinajstić information content (AvgIpc) is 3.20. The number of aromatic nitrogens is 3. The first-order chi connectivity index (χ1) is 14.4. The summed E-state index contributed by atoms with van der Waals surface area (Å²) in [6, 6.07) is 0. The third kappa shape index (κ3) is 4.94. The molecule has 0 aliphatic carbocycles. The van der Waals surface area contributed by atoms with E-state index in [0.29, 0.717) is 41.9 Å². The van der Waals surface area contributed by atoms with Crippen LogP contribution >= 0.6 is 0 Å². The lowest BCUT2D eigenvalue weighted by atomic mass is 9.89. The van der Waals surface area contributed by atoms with E-state index in [4.69, 9.17) is 4.74 Å². The summed E-state index contributed by atoms with van der Waals surface area (Å²) in [6.45, 7) is 12.1. The molecule has 0 radical (unpaired) electrons. The Bertz CT molecular complexity index is 954. The van der Waals surface area contributed by atoms with Crippen molar-refractivity contribution in [1.29, 1.82) is 0 Å². The second-order valence-corrected chi connectivity index (χ2v) is 7.67. The van der Waals surface area contributed by atoms with Crippen LogP contribution in [0, 0.1) is 11.8 Å². The Morgan fingerprint density at radius 2 is 2.00 bits per heavy atom. The first-order valence-electron chi connectivity index (χ1n) is 11.0. The summed E-state index contributed by atoms with van der Waals surface area (Å²) >= 11 is 0.